The van der Waals surface area contributed by atoms with Crippen molar-refractivity contribution in [2.75, 3.05) is 0 Å². The highest BCUT2D eigenvalue weighted by Gasteiger charge is 2.21. The maximum Gasteiger partial charge on any atom is 0.145 e. The van der Waals surface area contributed by atoms with Gasteiger partial charge in [0.1, 0.15) is 22.6 Å². The Morgan fingerprint density at radius 3 is 2.92 bits per heavy atom. The lowest BCUT2D eigenvalue weighted by Gasteiger charge is -2.01. The van der Waals surface area contributed by atoms with E-state index in [1.165, 1.54) is 10.4 Å². The van der Waals surface area contributed by atoms with E-state index in [1.54, 1.807) is 23.6 Å². The van der Waals surface area contributed by atoms with Gasteiger partial charge < -0.3 is 4.42 Å². The third-order valence-electron chi connectivity index (χ3n) is 4.17. The fourth-order valence-electron chi connectivity index (χ4n) is 2.98. The molecule has 2 heterocycles. The summed E-state index contributed by atoms with van der Waals surface area (Å²) in [6.07, 6.45) is 4.79. The number of hydrogen-bond donors (Lipinski definition) is 0. The summed E-state index contributed by atoms with van der Waals surface area (Å²) in [5.74, 6) is 1.23. The van der Waals surface area contributed by atoms with Crippen LogP contribution in [0.1, 0.15) is 28.2 Å². The Kier molecular flexibility index (Phi) is 4.39. The van der Waals surface area contributed by atoms with Gasteiger partial charge in [0.2, 0.25) is 0 Å². The zero-order valence-corrected chi connectivity index (χ0v) is 15.4. The summed E-state index contributed by atoms with van der Waals surface area (Å²) < 4.78 is 5.81. The summed E-state index contributed by atoms with van der Waals surface area (Å²) >= 11 is 13.9. The van der Waals surface area contributed by atoms with Gasteiger partial charge in [0.15, 0.2) is 0 Å². The molecular formula is C19H12Cl2N2OS. The van der Waals surface area contributed by atoms with Gasteiger partial charge in [-0.15, -0.1) is 11.3 Å². The molecule has 124 valence electrons. The first kappa shape index (κ1) is 16.4. The molecule has 0 atom stereocenters. The molecule has 1 aliphatic rings. The number of rotatable bonds is 3. The number of fused-ring (bicyclic) bond motifs is 1. The third-order valence-corrected chi connectivity index (χ3v) is 6.19. The van der Waals surface area contributed by atoms with E-state index in [1.807, 2.05) is 24.3 Å². The number of thiophene rings is 1. The van der Waals surface area contributed by atoms with Crippen molar-refractivity contribution in [3.8, 4) is 17.4 Å². The Hall–Kier alpha value is -2.06. The first-order valence-corrected chi connectivity index (χ1v) is 9.37. The second-order valence-electron chi connectivity index (χ2n) is 5.71. The minimum Gasteiger partial charge on any atom is -0.455 e. The molecule has 0 amide bonds. The maximum atomic E-state index is 9.41. The van der Waals surface area contributed by atoms with Crippen molar-refractivity contribution < 1.29 is 4.42 Å². The van der Waals surface area contributed by atoms with Gasteiger partial charge in [0.05, 0.1) is 21.8 Å². The topological polar surface area (TPSA) is 49.3 Å². The fraction of sp³-hybridized carbons (Fsp3) is 0.158. The van der Waals surface area contributed by atoms with Crippen LogP contribution in [0.2, 0.25) is 10.0 Å². The van der Waals surface area contributed by atoms with E-state index in [0.717, 1.165) is 29.8 Å². The lowest BCUT2D eigenvalue weighted by atomic mass is 10.1. The van der Waals surface area contributed by atoms with E-state index in [2.05, 4.69) is 11.1 Å². The van der Waals surface area contributed by atoms with E-state index in [4.69, 9.17) is 27.6 Å². The van der Waals surface area contributed by atoms with Crippen LogP contribution in [0.15, 0.2) is 39.7 Å². The molecule has 0 radical (unpaired) electrons. The molecule has 0 saturated carbocycles. The monoisotopic (exact) mass is 386 g/mol. The van der Waals surface area contributed by atoms with Crippen molar-refractivity contribution in [2.24, 2.45) is 4.99 Å². The molecule has 6 heteroatoms. The lowest BCUT2D eigenvalue weighted by Crippen LogP contribution is -1.80. The highest BCUT2D eigenvalue weighted by Crippen LogP contribution is 2.40. The molecule has 1 aliphatic carbocycles. The van der Waals surface area contributed by atoms with Crippen molar-refractivity contribution in [3.05, 3.63) is 62.1 Å². The van der Waals surface area contributed by atoms with Crippen LogP contribution in [-0.2, 0) is 12.8 Å². The Bertz CT molecular complexity index is 1030. The van der Waals surface area contributed by atoms with Gasteiger partial charge in [0.25, 0.3) is 0 Å². The summed E-state index contributed by atoms with van der Waals surface area (Å²) in [7, 11) is 0. The zero-order valence-electron chi connectivity index (χ0n) is 13.1. The predicted octanol–water partition coefficient (Wildman–Crippen LogP) is 6.43. The molecule has 0 unspecified atom stereocenters. The fourth-order valence-corrected chi connectivity index (χ4v) is 4.56. The lowest BCUT2D eigenvalue weighted by molar-refractivity contribution is 0.575. The van der Waals surface area contributed by atoms with Gasteiger partial charge in [-0.2, -0.15) is 5.26 Å². The number of aliphatic imine (C=N–C) groups is 1. The van der Waals surface area contributed by atoms with Gasteiger partial charge in [-0.05, 0) is 49.1 Å². The summed E-state index contributed by atoms with van der Waals surface area (Å²) in [5.41, 5.74) is 2.62. The molecule has 0 bridgehead atoms. The van der Waals surface area contributed by atoms with Crippen molar-refractivity contribution in [3.63, 3.8) is 0 Å². The van der Waals surface area contributed by atoms with Crippen LogP contribution in [0.4, 0.5) is 5.00 Å². The molecule has 0 aliphatic heterocycles. The Balaban J connectivity index is 1.63. The molecule has 0 N–H and O–H groups in total. The summed E-state index contributed by atoms with van der Waals surface area (Å²) in [6, 6.07) is 11.4. The molecule has 4 rings (SSSR count). The van der Waals surface area contributed by atoms with Gasteiger partial charge in [-0.25, -0.2) is 4.99 Å². The van der Waals surface area contributed by atoms with E-state index in [0.29, 0.717) is 27.1 Å². The van der Waals surface area contributed by atoms with Gasteiger partial charge in [-0.1, -0.05) is 29.3 Å². The number of furan rings is 1. The minimum atomic E-state index is 0.462. The van der Waals surface area contributed by atoms with E-state index in [9.17, 15) is 5.26 Å². The second kappa shape index (κ2) is 6.68. The molecular weight excluding hydrogens is 375 g/mol. The maximum absolute atomic E-state index is 9.41. The van der Waals surface area contributed by atoms with Crippen molar-refractivity contribution in [1.82, 2.24) is 0 Å². The molecule has 3 nitrogen and oxygen atoms in total. The molecule has 0 fully saturated rings. The molecule has 25 heavy (non-hydrogen) atoms. The summed E-state index contributed by atoms with van der Waals surface area (Å²) in [6.45, 7) is 0. The Labute approximate surface area is 159 Å². The number of nitriles is 1. The van der Waals surface area contributed by atoms with Gasteiger partial charge >= 0.3 is 0 Å². The van der Waals surface area contributed by atoms with Crippen molar-refractivity contribution in [2.45, 2.75) is 19.3 Å². The van der Waals surface area contributed by atoms with E-state index in [-0.39, 0.29) is 0 Å². The van der Waals surface area contributed by atoms with E-state index < -0.39 is 0 Å². The average molecular weight is 387 g/mol. The number of halogens is 2. The van der Waals surface area contributed by atoms with Crippen LogP contribution in [-0.4, -0.2) is 6.21 Å². The predicted molar refractivity (Wildman–Crippen MR) is 102 cm³/mol. The highest BCUT2D eigenvalue weighted by atomic mass is 35.5. The van der Waals surface area contributed by atoms with Crippen molar-refractivity contribution in [1.29, 1.82) is 5.26 Å². The number of hydrogen-bond acceptors (Lipinski definition) is 4. The minimum absolute atomic E-state index is 0.462. The standard InChI is InChI=1S/C19H12Cl2N2OS/c20-15-5-1-4-13(18(15)21)16-8-7-11(24-16)10-23-19-14(9-22)12-3-2-6-17(12)25-19/h1,4-5,7-8,10H,2-3,6H2. The molecule has 1 aromatic carbocycles. The number of nitrogens with zero attached hydrogens (tertiary/aromatic N) is 2. The van der Waals surface area contributed by atoms with Crippen LogP contribution in [0.5, 0.6) is 0 Å². The van der Waals surface area contributed by atoms with Crippen LogP contribution < -0.4 is 0 Å². The summed E-state index contributed by atoms with van der Waals surface area (Å²) in [5, 5.41) is 11.1. The first-order valence-electron chi connectivity index (χ1n) is 7.80. The van der Waals surface area contributed by atoms with Crippen LogP contribution in [0, 0.1) is 11.3 Å². The van der Waals surface area contributed by atoms with Crippen LogP contribution >= 0.6 is 34.5 Å². The van der Waals surface area contributed by atoms with Crippen LogP contribution in [0.25, 0.3) is 11.3 Å². The smallest absolute Gasteiger partial charge is 0.145 e. The van der Waals surface area contributed by atoms with Gasteiger partial charge in [-0.3, -0.25) is 0 Å². The third kappa shape index (κ3) is 3.00. The number of aryl methyl sites for hydroxylation is 1. The normalized spacial score (nSPS) is 13.3. The molecule has 0 spiro atoms. The largest absolute Gasteiger partial charge is 0.455 e. The highest BCUT2D eigenvalue weighted by molar-refractivity contribution is 7.16. The average Bonchev–Trinajstić information content (AvgIpc) is 3.30. The molecule has 0 saturated heterocycles. The quantitative estimate of drug-likeness (QED) is 0.487. The number of benzene rings is 1. The summed E-state index contributed by atoms with van der Waals surface area (Å²) in [4.78, 5) is 5.76. The van der Waals surface area contributed by atoms with Gasteiger partial charge in [0, 0.05) is 10.4 Å². The SMILES string of the molecule is N#Cc1c(N=Cc2ccc(-c3cccc(Cl)c3Cl)o2)sc2c1CCC2. The molecule has 3 aromatic rings. The van der Waals surface area contributed by atoms with Crippen molar-refractivity contribution >= 4 is 45.8 Å². The second-order valence-corrected chi connectivity index (χ2v) is 7.58. The Morgan fingerprint density at radius 1 is 1.20 bits per heavy atom. The van der Waals surface area contributed by atoms with Crippen LogP contribution in [0.3, 0.4) is 0 Å². The zero-order chi connectivity index (χ0) is 17.4. The molecule has 2 aromatic heterocycles. The van der Waals surface area contributed by atoms with E-state index >= 15 is 0 Å². The Morgan fingerprint density at radius 2 is 2.08 bits per heavy atom. The first-order chi connectivity index (χ1) is 12.2.